The molecule has 1 aromatic rings. The summed E-state index contributed by atoms with van der Waals surface area (Å²) in [6.07, 6.45) is 4.50. The number of nitrogens with zero attached hydrogens (tertiary/aromatic N) is 1. The third-order valence-electron chi connectivity index (χ3n) is 4.15. The van der Waals surface area contributed by atoms with E-state index >= 15 is 0 Å². The van der Waals surface area contributed by atoms with Gasteiger partial charge < -0.3 is 10.6 Å². The van der Waals surface area contributed by atoms with Crippen LogP contribution in [0.15, 0.2) is 18.2 Å². The van der Waals surface area contributed by atoms with Gasteiger partial charge >= 0.3 is 11.8 Å². The summed E-state index contributed by atoms with van der Waals surface area (Å²) in [6, 6.07) is 5.27. The molecule has 2 amide bonds. The molecule has 0 aromatic heterocycles. The fourth-order valence-electron chi connectivity index (χ4n) is 2.94. The number of anilines is 1. The van der Waals surface area contributed by atoms with Crippen molar-refractivity contribution in [3.63, 3.8) is 0 Å². The van der Waals surface area contributed by atoms with E-state index in [1.165, 1.54) is 18.6 Å². The number of carbonyl (C=O) groups excluding carboxylic acids is 2. The van der Waals surface area contributed by atoms with Crippen molar-refractivity contribution in [2.45, 2.75) is 32.6 Å². The van der Waals surface area contributed by atoms with Crippen molar-refractivity contribution in [3.05, 3.63) is 29.6 Å². The summed E-state index contributed by atoms with van der Waals surface area (Å²) < 4.78 is 13.2. The van der Waals surface area contributed by atoms with Crippen LogP contribution in [0.25, 0.3) is 0 Å². The highest BCUT2D eigenvalue weighted by Crippen LogP contribution is 2.27. The molecule has 2 N–H and O–H groups in total. The Bertz CT molecular complexity index is 639. The van der Waals surface area contributed by atoms with Gasteiger partial charge in [-0.2, -0.15) is 5.26 Å². The third-order valence-corrected chi connectivity index (χ3v) is 4.15. The normalized spacial score (nSPS) is 20.4. The largest absolute Gasteiger partial charge is 0.348 e. The Labute approximate surface area is 134 Å². The number of hydrogen-bond acceptors (Lipinski definition) is 3. The summed E-state index contributed by atoms with van der Waals surface area (Å²) in [5, 5.41) is 13.8. The van der Waals surface area contributed by atoms with E-state index < -0.39 is 17.6 Å². The zero-order valence-corrected chi connectivity index (χ0v) is 13.1. The highest BCUT2D eigenvalue weighted by atomic mass is 19.1. The second-order valence-electron chi connectivity index (χ2n) is 6.11. The summed E-state index contributed by atoms with van der Waals surface area (Å²) in [4.78, 5) is 23.7. The molecular weight excluding hydrogens is 297 g/mol. The van der Waals surface area contributed by atoms with Gasteiger partial charge in [-0.1, -0.05) is 19.8 Å². The van der Waals surface area contributed by atoms with Crippen LogP contribution in [0.3, 0.4) is 0 Å². The van der Waals surface area contributed by atoms with Gasteiger partial charge in [-0.25, -0.2) is 4.39 Å². The number of carbonyl (C=O) groups is 2. The van der Waals surface area contributed by atoms with Crippen molar-refractivity contribution >= 4 is 17.5 Å². The molecule has 0 bridgehead atoms. The maximum absolute atomic E-state index is 13.2. The molecule has 1 aliphatic carbocycles. The fraction of sp³-hybridized carbons (Fsp3) is 0.471. The smallest absolute Gasteiger partial charge is 0.313 e. The van der Waals surface area contributed by atoms with E-state index in [0.717, 1.165) is 25.3 Å². The van der Waals surface area contributed by atoms with Gasteiger partial charge in [0.05, 0.1) is 5.56 Å². The third kappa shape index (κ3) is 4.78. The summed E-state index contributed by atoms with van der Waals surface area (Å²) in [5.74, 6) is -1.13. The topological polar surface area (TPSA) is 82.0 Å². The molecule has 1 aliphatic rings. The van der Waals surface area contributed by atoms with Gasteiger partial charge in [0.15, 0.2) is 0 Å². The predicted octanol–water partition coefficient (Wildman–Crippen LogP) is 2.58. The lowest BCUT2D eigenvalue weighted by atomic mass is 9.82. The standard InChI is InChI=1S/C17H20FN3O2/c1-11-3-2-4-12(7-11)10-20-16(22)17(23)21-14-5-6-15(18)13(8-14)9-19/h5-6,8,11-12H,2-4,7,10H2,1H3,(H,20,22)(H,21,23)/t11-,12-/m0/s1. The Balaban J connectivity index is 1.85. The van der Waals surface area contributed by atoms with Crippen molar-refractivity contribution in [1.29, 1.82) is 5.26 Å². The Morgan fingerprint density at radius 2 is 2.13 bits per heavy atom. The minimum absolute atomic E-state index is 0.181. The molecule has 0 aliphatic heterocycles. The fourth-order valence-corrected chi connectivity index (χ4v) is 2.94. The molecule has 0 spiro atoms. The lowest BCUT2D eigenvalue weighted by Gasteiger charge is -2.26. The van der Waals surface area contributed by atoms with Gasteiger partial charge in [0.25, 0.3) is 0 Å². The Kier molecular flexibility index (Phi) is 5.69. The molecule has 1 aromatic carbocycles. The van der Waals surface area contributed by atoms with Crippen molar-refractivity contribution < 1.29 is 14.0 Å². The molecule has 0 heterocycles. The molecule has 6 heteroatoms. The number of amides is 2. The first-order valence-electron chi connectivity index (χ1n) is 7.78. The summed E-state index contributed by atoms with van der Waals surface area (Å²) in [7, 11) is 0. The zero-order chi connectivity index (χ0) is 16.8. The number of nitrogens with one attached hydrogen (secondary N) is 2. The molecule has 23 heavy (non-hydrogen) atoms. The lowest BCUT2D eigenvalue weighted by molar-refractivity contribution is -0.136. The lowest BCUT2D eigenvalue weighted by Crippen LogP contribution is -2.38. The monoisotopic (exact) mass is 317 g/mol. The first kappa shape index (κ1) is 16.9. The van der Waals surface area contributed by atoms with Crippen LogP contribution in [0.1, 0.15) is 38.2 Å². The van der Waals surface area contributed by atoms with Gasteiger partial charge in [-0.3, -0.25) is 9.59 Å². The molecule has 122 valence electrons. The average Bonchev–Trinajstić information content (AvgIpc) is 2.54. The van der Waals surface area contributed by atoms with E-state index in [-0.39, 0.29) is 11.3 Å². The molecule has 2 rings (SSSR count). The number of hydrogen-bond donors (Lipinski definition) is 2. The molecule has 1 fully saturated rings. The first-order valence-corrected chi connectivity index (χ1v) is 7.78. The molecule has 0 unspecified atom stereocenters. The van der Waals surface area contributed by atoms with Crippen LogP contribution in [-0.4, -0.2) is 18.4 Å². The molecule has 1 saturated carbocycles. The molecule has 5 nitrogen and oxygen atoms in total. The van der Waals surface area contributed by atoms with Crippen LogP contribution in [-0.2, 0) is 9.59 Å². The molecule has 0 saturated heterocycles. The second kappa shape index (κ2) is 7.73. The van der Waals surface area contributed by atoms with Crippen molar-refractivity contribution in [3.8, 4) is 6.07 Å². The van der Waals surface area contributed by atoms with E-state index in [9.17, 15) is 14.0 Å². The Hall–Kier alpha value is -2.42. The van der Waals surface area contributed by atoms with Gasteiger partial charge in [-0.05, 0) is 42.9 Å². The van der Waals surface area contributed by atoms with Gasteiger partial charge in [-0.15, -0.1) is 0 Å². The van der Waals surface area contributed by atoms with E-state index in [2.05, 4.69) is 17.6 Å². The average molecular weight is 317 g/mol. The molecule has 0 radical (unpaired) electrons. The van der Waals surface area contributed by atoms with Crippen LogP contribution in [0, 0.1) is 29.0 Å². The molecule has 2 atom stereocenters. The Morgan fingerprint density at radius 1 is 1.35 bits per heavy atom. The minimum atomic E-state index is -0.815. The zero-order valence-electron chi connectivity index (χ0n) is 13.1. The maximum atomic E-state index is 13.2. The second-order valence-corrected chi connectivity index (χ2v) is 6.11. The van der Waals surface area contributed by atoms with E-state index in [4.69, 9.17) is 5.26 Å². The Morgan fingerprint density at radius 3 is 2.83 bits per heavy atom. The number of benzene rings is 1. The van der Waals surface area contributed by atoms with Crippen LogP contribution in [0.4, 0.5) is 10.1 Å². The van der Waals surface area contributed by atoms with Gasteiger partial charge in [0.2, 0.25) is 0 Å². The van der Waals surface area contributed by atoms with Crippen LogP contribution >= 0.6 is 0 Å². The van der Waals surface area contributed by atoms with Gasteiger partial charge in [0, 0.05) is 12.2 Å². The maximum Gasteiger partial charge on any atom is 0.313 e. The minimum Gasteiger partial charge on any atom is -0.348 e. The number of halogens is 1. The van der Waals surface area contributed by atoms with Crippen molar-refractivity contribution in [2.24, 2.45) is 11.8 Å². The van der Waals surface area contributed by atoms with Crippen LogP contribution < -0.4 is 10.6 Å². The summed E-state index contributed by atoms with van der Waals surface area (Å²) in [6.45, 7) is 2.69. The highest BCUT2D eigenvalue weighted by molar-refractivity contribution is 6.39. The van der Waals surface area contributed by atoms with Crippen molar-refractivity contribution in [2.75, 3.05) is 11.9 Å². The van der Waals surface area contributed by atoms with E-state index in [1.54, 1.807) is 6.07 Å². The summed E-state index contributed by atoms with van der Waals surface area (Å²) >= 11 is 0. The number of nitriles is 1. The van der Waals surface area contributed by atoms with E-state index in [0.29, 0.717) is 18.4 Å². The van der Waals surface area contributed by atoms with Crippen molar-refractivity contribution in [1.82, 2.24) is 5.32 Å². The number of rotatable bonds is 3. The molecular formula is C17H20FN3O2. The van der Waals surface area contributed by atoms with Gasteiger partial charge in [0.1, 0.15) is 11.9 Å². The first-order chi connectivity index (χ1) is 11.0. The highest BCUT2D eigenvalue weighted by Gasteiger charge is 2.21. The van der Waals surface area contributed by atoms with Crippen LogP contribution in [0.2, 0.25) is 0 Å². The summed E-state index contributed by atoms with van der Waals surface area (Å²) in [5.41, 5.74) is 0.0359. The van der Waals surface area contributed by atoms with Crippen LogP contribution in [0.5, 0.6) is 0 Å². The quantitative estimate of drug-likeness (QED) is 0.841. The SMILES string of the molecule is C[C@H]1CCC[C@H](CNC(=O)C(=O)Nc2ccc(F)c(C#N)c2)C1. The van der Waals surface area contributed by atoms with E-state index in [1.807, 2.05) is 0 Å². The predicted molar refractivity (Wildman–Crippen MR) is 83.9 cm³/mol.